The summed E-state index contributed by atoms with van der Waals surface area (Å²) < 4.78 is 28.0. The van der Waals surface area contributed by atoms with Crippen molar-refractivity contribution in [1.82, 2.24) is 9.21 Å². The van der Waals surface area contributed by atoms with Gasteiger partial charge in [0.25, 0.3) is 5.91 Å². The molecule has 0 spiro atoms. The lowest BCUT2D eigenvalue weighted by Gasteiger charge is -2.32. The first-order chi connectivity index (χ1) is 15.9. The number of nitrogens with zero attached hydrogens (tertiary/aromatic N) is 2. The van der Waals surface area contributed by atoms with Crippen molar-refractivity contribution in [2.45, 2.75) is 50.6 Å². The van der Waals surface area contributed by atoms with Gasteiger partial charge in [0.1, 0.15) is 0 Å². The van der Waals surface area contributed by atoms with Crippen LogP contribution in [0.4, 0.5) is 5.69 Å². The predicted octanol–water partition coefficient (Wildman–Crippen LogP) is 4.36. The Balaban J connectivity index is 1.51. The Labute approximate surface area is 201 Å². The van der Waals surface area contributed by atoms with Crippen LogP contribution >= 0.6 is 11.8 Å². The second-order valence-electron chi connectivity index (χ2n) is 8.92. The highest BCUT2D eigenvalue weighted by Gasteiger charge is 2.31. The Bertz CT molecular complexity index is 1100. The number of hydrogen-bond donors (Lipinski definition) is 1. The second-order valence-corrected chi connectivity index (χ2v) is 12.0. The molecule has 4 rings (SSSR count). The zero-order chi connectivity index (χ0) is 23.4. The molecule has 0 aromatic heterocycles. The summed E-state index contributed by atoms with van der Waals surface area (Å²) in [6.45, 7) is 7.54. The van der Waals surface area contributed by atoms with E-state index < -0.39 is 10.0 Å². The number of amides is 1. The fourth-order valence-corrected chi connectivity index (χ4v) is 7.27. The lowest BCUT2D eigenvalue weighted by atomic mass is 10.1. The molecule has 8 heteroatoms. The highest BCUT2D eigenvalue weighted by molar-refractivity contribution is 7.99. The Morgan fingerprint density at radius 1 is 1.09 bits per heavy atom. The molecule has 0 radical (unpaired) electrons. The summed E-state index contributed by atoms with van der Waals surface area (Å²) in [6.07, 6.45) is 2.78. The van der Waals surface area contributed by atoms with Crippen LogP contribution in [0.5, 0.6) is 0 Å². The number of benzene rings is 2. The molecule has 6 nitrogen and oxygen atoms in total. The van der Waals surface area contributed by atoms with Crippen molar-refractivity contribution in [3.8, 4) is 0 Å². The summed E-state index contributed by atoms with van der Waals surface area (Å²) in [5.41, 5.74) is 3.37. The molecule has 2 aromatic carbocycles. The van der Waals surface area contributed by atoms with E-state index in [-0.39, 0.29) is 16.8 Å². The highest BCUT2D eigenvalue weighted by atomic mass is 32.2. The molecular formula is C25H33N3O3S2. The molecule has 2 saturated heterocycles. The van der Waals surface area contributed by atoms with Crippen molar-refractivity contribution in [2.75, 3.05) is 36.5 Å². The van der Waals surface area contributed by atoms with E-state index in [1.54, 1.807) is 22.5 Å². The molecule has 2 fully saturated rings. The Morgan fingerprint density at radius 2 is 1.85 bits per heavy atom. The summed E-state index contributed by atoms with van der Waals surface area (Å²) in [5, 5.41) is 3.00. The lowest BCUT2D eigenvalue weighted by molar-refractivity contribution is 0.102. The van der Waals surface area contributed by atoms with Crippen LogP contribution in [0.15, 0.2) is 47.4 Å². The fraction of sp³-hybridized carbons (Fsp3) is 0.480. The number of piperidine rings is 1. The van der Waals surface area contributed by atoms with Crippen LogP contribution in [0.1, 0.15) is 47.7 Å². The molecule has 1 amide bonds. The molecule has 2 aliphatic heterocycles. The molecule has 178 valence electrons. The maximum atomic E-state index is 13.2. The molecular weight excluding hydrogens is 454 g/mol. The van der Waals surface area contributed by atoms with Crippen molar-refractivity contribution < 1.29 is 13.2 Å². The summed E-state index contributed by atoms with van der Waals surface area (Å²) >= 11 is 1.99. The Kier molecular flexibility index (Phi) is 7.79. The number of carbonyl (C=O) groups is 1. The average molecular weight is 488 g/mol. The van der Waals surface area contributed by atoms with E-state index in [0.29, 0.717) is 12.1 Å². The molecule has 0 bridgehead atoms. The minimum Gasteiger partial charge on any atom is -0.322 e. The molecule has 0 aliphatic carbocycles. The van der Waals surface area contributed by atoms with E-state index in [9.17, 15) is 13.2 Å². The number of anilines is 1. The summed E-state index contributed by atoms with van der Waals surface area (Å²) in [7, 11) is -3.63. The van der Waals surface area contributed by atoms with Gasteiger partial charge < -0.3 is 5.32 Å². The quantitative estimate of drug-likeness (QED) is 0.656. The molecule has 1 atom stereocenters. The van der Waals surface area contributed by atoms with Crippen molar-refractivity contribution >= 4 is 33.4 Å². The number of nitrogens with one attached hydrogen (secondary N) is 1. The van der Waals surface area contributed by atoms with Crippen LogP contribution in [0.2, 0.25) is 0 Å². The average Bonchev–Trinajstić information content (AvgIpc) is 2.82. The van der Waals surface area contributed by atoms with E-state index in [0.717, 1.165) is 61.7 Å². The zero-order valence-corrected chi connectivity index (χ0v) is 21.1. The molecule has 33 heavy (non-hydrogen) atoms. The normalized spacial score (nSPS) is 20.5. The molecule has 2 aliphatic rings. The third-order valence-corrected chi connectivity index (χ3v) is 9.59. The van der Waals surface area contributed by atoms with E-state index in [1.807, 2.05) is 37.7 Å². The maximum absolute atomic E-state index is 13.2. The van der Waals surface area contributed by atoms with Gasteiger partial charge in [0, 0.05) is 55.0 Å². The first-order valence-corrected chi connectivity index (χ1v) is 14.3. The van der Waals surface area contributed by atoms with Crippen molar-refractivity contribution in [3.05, 3.63) is 59.2 Å². The van der Waals surface area contributed by atoms with Crippen LogP contribution < -0.4 is 5.32 Å². The van der Waals surface area contributed by atoms with E-state index in [4.69, 9.17) is 0 Å². The topological polar surface area (TPSA) is 69.7 Å². The van der Waals surface area contributed by atoms with Gasteiger partial charge >= 0.3 is 0 Å². The second kappa shape index (κ2) is 10.6. The van der Waals surface area contributed by atoms with Gasteiger partial charge in [-0.1, -0.05) is 24.6 Å². The van der Waals surface area contributed by atoms with Crippen LogP contribution in [-0.4, -0.2) is 60.7 Å². The summed E-state index contributed by atoms with van der Waals surface area (Å²) in [6, 6.07) is 12.3. The standard InChI is InChI=1S/C25H33N3O3S2/c1-19-7-3-4-12-28(19)33(30,31)23-10-5-8-21(17-23)25(29)26-24-11-6-9-22(20(24)2)18-27-13-15-32-16-14-27/h5-6,8-11,17,19H,3-4,7,12-16,18H2,1-2H3,(H,26,29). The van der Waals surface area contributed by atoms with Crippen molar-refractivity contribution in [3.63, 3.8) is 0 Å². The van der Waals surface area contributed by atoms with Crippen LogP contribution in [0.25, 0.3) is 0 Å². The third kappa shape index (κ3) is 5.62. The number of hydrogen-bond acceptors (Lipinski definition) is 5. The van der Waals surface area contributed by atoms with Gasteiger partial charge in [0.05, 0.1) is 4.90 Å². The van der Waals surface area contributed by atoms with Gasteiger partial charge in [-0.15, -0.1) is 0 Å². The van der Waals surface area contributed by atoms with Crippen LogP contribution in [0.3, 0.4) is 0 Å². The number of rotatable bonds is 6. The van der Waals surface area contributed by atoms with E-state index in [1.165, 1.54) is 11.6 Å². The smallest absolute Gasteiger partial charge is 0.255 e. The van der Waals surface area contributed by atoms with Gasteiger partial charge in [0.15, 0.2) is 0 Å². The molecule has 1 N–H and O–H groups in total. The maximum Gasteiger partial charge on any atom is 0.255 e. The molecule has 2 aromatic rings. The third-order valence-electron chi connectivity index (χ3n) is 6.64. The van der Waals surface area contributed by atoms with Crippen LogP contribution in [-0.2, 0) is 16.6 Å². The zero-order valence-electron chi connectivity index (χ0n) is 19.4. The first kappa shape index (κ1) is 24.3. The minimum absolute atomic E-state index is 0.0230. The van der Waals surface area contributed by atoms with E-state index >= 15 is 0 Å². The lowest BCUT2D eigenvalue weighted by Crippen LogP contribution is -2.41. The Morgan fingerprint density at radius 3 is 2.61 bits per heavy atom. The molecule has 0 saturated carbocycles. The molecule has 2 heterocycles. The van der Waals surface area contributed by atoms with E-state index in [2.05, 4.69) is 16.3 Å². The fourth-order valence-electron chi connectivity index (χ4n) is 4.55. The largest absolute Gasteiger partial charge is 0.322 e. The van der Waals surface area contributed by atoms with Gasteiger partial charge in [-0.25, -0.2) is 8.42 Å². The van der Waals surface area contributed by atoms with Gasteiger partial charge in [-0.2, -0.15) is 16.1 Å². The highest BCUT2D eigenvalue weighted by Crippen LogP contribution is 2.26. The van der Waals surface area contributed by atoms with Crippen molar-refractivity contribution in [2.24, 2.45) is 0 Å². The minimum atomic E-state index is -3.63. The SMILES string of the molecule is Cc1c(CN2CCSCC2)cccc1NC(=O)c1cccc(S(=O)(=O)N2CCCCC2C)c1. The number of sulfonamides is 1. The summed E-state index contributed by atoms with van der Waals surface area (Å²) in [5.74, 6) is 2.02. The van der Waals surface area contributed by atoms with Gasteiger partial charge in [-0.05, 0) is 62.1 Å². The van der Waals surface area contributed by atoms with Gasteiger partial charge in [0.2, 0.25) is 10.0 Å². The first-order valence-electron chi connectivity index (χ1n) is 11.7. The Hall–Kier alpha value is -1.87. The molecule has 1 unspecified atom stereocenters. The number of carbonyl (C=O) groups excluding carboxylic acids is 1. The van der Waals surface area contributed by atoms with Crippen molar-refractivity contribution in [1.29, 1.82) is 0 Å². The predicted molar refractivity (Wildman–Crippen MR) is 135 cm³/mol. The summed E-state index contributed by atoms with van der Waals surface area (Å²) in [4.78, 5) is 15.7. The monoisotopic (exact) mass is 487 g/mol. The van der Waals surface area contributed by atoms with Crippen LogP contribution in [0, 0.1) is 6.92 Å². The number of thioether (sulfide) groups is 1. The van der Waals surface area contributed by atoms with Gasteiger partial charge in [-0.3, -0.25) is 9.69 Å².